The number of aromatic amines is 1. The predicted octanol–water partition coefficient (Wildman–Crippen LogP) is 0.0339. The number of carbonyl (C=O) groups is 2. The molecule has 3 rings (SSSR count). The minimum Gasteiger partial charge on any atom is -0.364 e. The summed E-state index contributed by atoms with van der Waals surface area (Å²) in [4.78, 5) is 40.8. The molecule has 0 radical (unpaired) electrons. The second kappa shape index (κ2) is 4.77. The molecule has 1 aromatic rings. The molecule has 0 spiro atoms. The second-order valence-corrected chi connectivity index (χ2v) is 5.45. The Kier molecular flexibility index (Phi) is 3.08. The summed E-state index contributed by atoms with van der Waals surface area (Å²) in [5.74, 6) is -0.389. The van der Waals surface area contributed by atoms with Crippen LogP contribution in [0.1, 0.15) is 28.9 Å². The van der Waals surface area contributed by atoms with E-state index in [9.17, 15) is 14.4 Å². The lowest BCUT2D eigenvalue weighted by Crippen LogP contribution is -2.49. The first-order valence-electron chi connectivity index (χ1n) is 6.86. The van der Waals surface area contributed by atoms with Gasteiger partial charge in [0.05, 0.1) is 12.0 Å². The van der Waals surface area contributed by atoms with Crippen molar-refractivity contribution in [2.45, 2.75) is 25.8 Å². The zero-order valence-electron chi connectivity index (χ0n) is 11.3. The molecule has 1 aromatic heterocycles. The third kappa shape index (κ3) is 2.01. The Labute approximate surface area is 116 Å². The number of fused-ring (bicyclic) bond motifs is 1. The summed E-state index contributed by atoms with van der Waals surface area (Å²) >= 11 is 0. The minimum absolute atomic E-state index is 0.0188. The molecular formula is C14H17N3O3. The maximum Gasteiger partial charge on any atom is 0.259 e. The van der Waals surface area contributed by atoms with Crippen molar-refractivity contribution in [3.05, 3.63) is 33.7 Å². The Morgan fingerprint density at radius 2 is 2.20 bits per heavy atom. The molecule has 2 saturated heterocycles. The highest BCUT2D eigenvalue weighted by Crippen LogP contribution is 2.28. The molecule has 3 heterocycles. The molecule has 0 saturated carbocycles. The number of aryl methyl sites for hydroxylation is 1. The van der Waals surface area contributed by atoms with Gasteiger partial charge in [0.25, 0.3) is 5.91 Å². The van der Waals surface area contributed by atoms with Crippen molar-refractivity contribution in [1.29, 1.82) is 0 Å². The fourth-order valence-corrected chi connectivity index (χ4v) is 3.10. The first-order valence-corrected chi connectivity index (χ1v) is 6.86. The van der Waals surface area contributed by atoms with E-state index in [0.717, 1.165) is 18.5 Å². The summed E-state index contributed by atoms with van der Waals surface area (Å²) in [5.41, 5.74) is 0.599. The van der Waals surface area contributed by atoms with Crippen molar-refractivity contribution in [2.75, 3.05) is 13.1 Å². The summed E-state index contributed by atoms with van der Waals surface area (Å²) in [6.07, 6.45) is 3.07. The van der Waals surface area contributed by atoms with E-state index in [4.69, 9.17) is 0 Å². The van der Waals surface area contributed by atoms with E-state index in [0.29, 0.717) is 13.1 Å². The van der Waals surface area contributed by atoms with Crippen LogP contribution >= 0.6 is 0 Å². The monoisotopic (exact) mass is 275 g/mol. The lowest BCUT2D eigenvalue weighted by atomic mass is 9.91. The number of carbonyl (C=O) groups excluding carboxylic acids is 2. The third-order valence-corrected chi connectivity index (χ3v) is 4.15. The average Bonchev–Trinajstić information content (AvgIpc) is 2.80. The van der Waals surface area contributed by atoms with Crippen LogP contribution in [0.2, 0.25) is 0 Å². The van der Waals surface area contributed by atoms with Crippen LogP contribution in [0.4, 0.5) is 0 Å². The summed E-state index contributed by atoms with van der Waals surface area (Å²) in [6, 6.07) is 1.30. The summed E-state index contributed by atoms with van der Waals surface area (Å²) in [7, 11) is 0. The number of nitrogens with one attached hydrogen (secondary N) is 2. The molecule has 0 bridgehead atoms. The number of rotatable bonds is 1. The highest BCUT2D eigenvalue weighted by Gasteiger charge is 2.43. The maximum atomic E-state index is 12.5. The van der Waals surface area contributed by atoms with E-state index in [2.05, 4.69) is 10.3 Å². The van der Waals surface area contributed by atoms with E-state index in [1.165, 1.54) is 12.3 Å². The molecule has 106 valence electrons. The normalized spacial score (nSPS) is 25.2. The smallest absolute Gasteiger partial charge is 0.259 e. The molecule has 2 atom stereocenters. The van der Waals surface area contributed by atoms with Crippen molar-refractivity contribution in [3.8, 4) is 0 Å². The molecule has 20 heavy (non-hydrogen) atoms. The summed E-state index contributed by atoms with van der Waals surface area (Å²) < 4.78 is 0. The van der Waals surface area contributed by atoms with Crippen LogP contribution < -0.4 is 10.7 Å². The molecule has 6 heteroatoms. The van der Waals surface area contributed by atoms with Crippen LogP contribution in [-0.2, 0) is 4.79 Å². The third-order valence-electron chi connectivity index (χ3n) is 4.15. The average molecular weight is 275 g/mol. The standard InChI is InChI=1S/C14H17N3O3/c1-8-5-12(18)10(6-15-8)14(20)17-4-2-3-9-11(17)7-16-13(9)19/h5-6,9,11H,2-4,7H2,1H3,(H,15,18)(H,16,19). The molecule has 0 aromatic carbocycles. The zero-order valence-corrected chi connectivity index (χ0v) is 11.3. The number of nitrogens with zero attached hydrogens (tertiary/aromatic N) is 1. The molecule has 0 aliphatic carbocycles. The molecule has 2 unspecified atom stereocenters. The predicted molar refractivity (Wildman–Crippen MR) is 72.4 cm³/mol. The Hall–Kier alpha value is -2.11. The van der Waals surface area contributed by atoms with Crippen LogP contribution in [0.25, 0.3) is 0 Å². The summed E-state index contributed by atoms with van der Waals surface area (Å²) in [5, 5.41) is 2.80. The highest BCUT2D eigenvalue weighted by molar-refractivity contribution is 5.95. The van der Waals surface area contributed by atoms with Gasteiger partial charge >= 0.3 is 0 Å². The van der Waals surface area contributed by atoms with E-state index in [1.54, 1.807) is 11.8 Å². The minimum atomic E-state index is -0.280. The number of pyridine rings is 1. The SMILES string of the molecule is Cc1cc(=O)c(C(=O)N2CCCC3C(=O)NCC32)c[nH]1. The topological polar surface area (TPSA) is 82.3 Å². The Morgan fingerprint density at radius 3 is 2.95 bits per heavy atom. The van der Waals surface area contributed by atoms with Gasteiger partial charge in [0, 0.05) is 31.0 Å². The van der Waals surface area contributed by atoms with Crippen LogP contribution in [0.5, 0.6) is 0 Å². The first kappa shape index (κ1) is 12.9. The van der Waals surface area contributed by atoms with Gasteiger partial charge in [-0.25, -0.2) is 0 Å². The van der Waals surface area contributed by atoms with E-state index in [1.807, 2.05) is 0 Å². The molecular weight excluding hydrogens is 258 g/mol. The maximum absolute atomic E-state index is 12.5. The van der Waals surface area contributed by atoms with Crippen molar-refractivity contribution >= 4 is 11.8 Å². The Balaban J connectivity index is 1.90. The van der Waals surface area contributed by atoms with E-state index in [-0.39, 0.29) is 34.8 Å². The van der Waals surface area contributed by atoms with Crippen LogP contribution in [0.15, 0.2) is 17.1 Å². The van der Waals surface area contributed by atoms with E-state index >= 15 is 0 Å². The van der Waals surface area contributed by atoms with Crippen LogP contribution in [0.3, 0.4) is 0 Å². The fraction of sp³-hybridized carbons (Fsp3) is 0.500. The van der Waals surface area contributed by atoms with Crippen molar-refractivity contribution in [3.63, 3.8) is 0 Å². The first-order chi connectivity index (χ1) is 9.58. The number of hydrogen-bond donors (Lipinski definition) is 2. The molecule has 2 N–H and O–H groups in total. The van der Waals surface area contributed by atoms with Crippen molar-refractivity contribution in [1.82, 2.24) is 15.2 Å². The molecule has 6 nitrogen and oxygen atoms in total. The molecule has 2 aliphatic rings. The highest BCUT2D eigenvalue weighted by atomic mass is 16.2. The van der Waals surface area contributed by atoms with Gasteiger partial charge < -0.3 is 15.2 Å². The van der Waals surface area contributed by atoms with Crippen LogP contribution in [-0.4, -0.2) is 40.8 Å². The van der Waals surface area contributed by atoms with Crippen LogP contribution in [0, 0.1) is 12.8 Å². The number of aromatic nitrogens is 1. The largest absolute Gasteiger partial charge is 0.364 e. The fourth-order valence-electron chi connectivity index (χ4n) is 3.10. The van der Waals surface area contributed by atoms with Gasteiger partial charge in [-0.1, -0.05) is 0 Å². The van der Waals surface area contributed by atoms with Gasteiger partial charge in [-0.05, 0) is 19.8 Å². The number of piperidine rings is 1. The van der Waals surface area contributed by atoms with Gasteiger partial charge in [0.15, 0.2) is 5.43 Å². The molecule has 2 amide bonds. The van der Waals surface area contributed by atoms with Gasteiger partial charge in [-0.15, -0.1) is 0 Å². The zero-order chi connectivity index (χ0) is 14.3. The quantitative estimate of drug-likeness (QED) is 0.759. The number of amides is 2. The number of hydrogen-bond acceptors (Lipinski definition) is 3. The van der Waals surface area contributed by atoms with Gasteiger partial charge in [0.2, 0.25) is 5.91 Å². The lowest BCUT2D eigenvalue weighted by Gasteiger charge is -2.35. The van der Waals surface area contributed by atoms with Crippen molar-refractivity contribution in [2.24, 2.45) is 5.92 Å². The summed E-state index contributed by atoms with van der Waals surface area (Å²) in [6.45, 7) is 2.85. The van der Waals surface area contributed by atoms with Gasteiger partial charge in [0.1, 0.15) is 5.56 Å². The molecule has 2 fully saturated rings. The number of H-pyrrole nitrogens is 1. The van der Waals surface area contributed by atoms with Gasteiger partial charge in [-0.2, -0.15) is 0 Å². The van der Waals surface area contributed by atoms with Gasteiger partial charge in [-0.3, -0.25) is 14.4 Å². The van der Waals surface area contributed by atoms with Crippen molar-refractivity contribution < 1.29 is 9.59 Å². The Morgan fingerprint density at radius 1 is 1.40 bits per heavy atom. The lowest BCUT2D eigenvalue weighted by molar-refractivity contribution is -0.123. The molecule has 2 aliphatic heterocycles. The van der Waals surface area contributed by atoms with E-state index < -0.39 is 0 Å². The second-order valence-electron chi connectivity index (χ2n) is 5.45. The Bertz CT molecular complexity index is 622. The number of likely N-dealkylation sites (tertiary alicyclic amines) is 1.